The van der Waals surface area contributed by atoms with Crippen molar-refractivity contribution in [3.8, 4) is 22.5 Å². The van der Waals surface area contributed by atoms with Gasteiger partial charge in [-0.25, -0.2) is 13.8 Å². The highest BCUT2D eigenvalue weighted by atomic mass is 19.1. The van der Waals surface area contributed by atoms with Crippen LogP contribution < -0.4 is 5.32 Å². The van der Waals surface area contributed by atoms with E-state index in [0.29, 0.717) is 5.69 Å². The summed E-state index contributed by atoms with van der Waals surface area (Å²) in [5.41, 5.74) is 2.06. The lowest BCUT2D eigenvalue weighted by atomic mass is 10.0. The van der Waals surface area contributed by atoms with Crippen molar-refractivity contribution in [3.05, 3.63) is 96.5 Å². The lowest BCUT2D eigenvalue weighted by Crippen LogP contribution is -2.21. The number of benzene rings is 3. The maximum atomic E-state index is 13.9. The van der Waals surface area contributed by atoms with E-state index in [9.17, 15) is 18.4 Å². The number of nitrogens with zero attached hydrogens (tertiary/aromatic N) is 1. The van der Waals surface area contributed by atoms with Crippen molar-refractivity contribution in [1.82, 2.24) is 4.98 Å². The highest BCUT2D eigenvalue weighted by molar-refractivity contribution is 5.96. The van der Waals surface area contributed by atoms with Crippen molar-refractivity contribution >= 4 is 17.6 Å². The summed E-state index contributed by atoms with van der Waals surface area (Å²) >= 11 is 0. The van der Waals surface area contributed by atoms with Crippen LogP contribution in [0.25, 0.3) is 22.5 Å². The summed E-state index contributed by atoms with van der Waals surface area (Å²) in [7, 11) is 0. The maximum absolute atomic E-state index is 13.9. The normalized spacial score (nSPS) is 10.6. The lowest BCUT2D eigenvalue weighted by Gasteiger charge is -2.11. The monoisotopic (exact) mass is 462 g/mol. The third-order valence-corrected chi connectivity index (χ3v) is 4.96. The number of carbonyl (C=O) groups is 2. The molecule has 0 atom stereocenters. The number of para-hydroxylation sites is 1. The van der Waals surface area contributed by atoms with E-state index < -0.39 is 30.1 Å². The molecule has 0 bridgehead atoms. The summed E-state index contributed by atoms with van der Waals surface area (Å²) in [5, 5.41) is 2.75. The Bertz CT molecular complexity index is 1280. The number of carbonyl (C=O) groups excluding carboxylic acids is 2. The fraction of sp³-hybridized carbons (Fsp3) is 0.115. The van der Waals surface area contributed by atoms with E-state index in [1.54, 1.807) is 12.1 Å². The van der Waals surface area contributed by atoms with Crippen LogP contribution in [0.5, 0.6) is 0 Å². The van der Waals surface area contributed by atoms with Crippen LogP contribution in [0.3, 0.4) is 0 Å². The van der Waals surface area contributed by atoms with Crippen LogP contribution in [0.4, 0.5) is 14.5 Å². The van der Waals surface area contributed by atoms with Gasteiger partial charge in [0.05, 0.1) is 18.2 Å². The molecule has 8 heteroatoms. The Kier molecular flexibility index (Phi) is 7.07. The Hall–Kier alpha value is -4.33. The molecule has 1 heterocycles. The first kappa shape index (κ1) is 22.8. The zero-order valence-corrected chi connectivity index (χ0v) is 18.0. The number of hydrogen-bond donors (Lipinski definition) is 1. The molecule has 1 aromatic heterocycles. The molecule has 0 radical (unpaired) electrons. The van der Waals surface area contributed by atoms with Crippen LogP contribution in [-0.4, -0.2) is 23.5 Å². The van der Waals surface area contributed by atoms with Gasteiger partial charge in [0.1, 0.15) is 11.6 Å². The summed E-state index contributed by atoms with van der Waals surface area (Å²) in [4.78, 5) is 28.3. The third-order valence-electron chi connectivity index (χ3n) is 4.96. The van der Waals surface area contributed by atoms with Gasteiger partial charge in [-0.3, -0.25) is 9.59 Å². The number of aryl methyl sites for hydroxylation is 1. The minimum Gasteiger partial charge on any atom is -0.456 e. The molecule has 0 unspecified atom stereocenters. The van der Waals surface area contributed by atoms with Gasteiger partial charge in [-0.2, -0.15) is 0 Å². The highest BCUT2D eigenvalue weighted by Gasteiger charge is 2.17. The van der Waals surface area contributed by atoms with E-state index in [0.717, 1.165) is 23.3 Å². The van der Waals surface area contributed by atoms with E-state index in [1.165, 1.54) is 12.3 Å². The number of oxazole rings is 1. The Labute approximate surface area is 194 Å². The van der Waals surface area contributed by atoms with E-state index in [2.05, 4.69) is 10.3 Å². The van der Waals surface area contributed by atoms with E-state index in [4.69, 9.17) is 9.15 Å². The number of anilines is 1. The van der Waals surface area contributed by atoms with E-state index >= 15 is 0 Å². The molecule has 3 aromatic carbocycles. The van der Waals surface area contributed by atoms with Gasteiger partial charge in [-0.15, -0.1) is 0 Å². The molecule has 4 aromatic rings. The van der Waals surface area contributed by atoms with Gasteiger partial charge in [0.15, 0.2) is 18.3 Å². The number of hydrogen-bond acceptors (Lipinski definition) is 5. The smallest absolute Gasteiger partial charge is 0.306 e. The summed E-state index contributed by atoms with van der Waals surface area (Å²) < 4.78 is 38.1. The lowest BCUT2D eigenvalue weighted by molar-refractivity contribution is -0.147. The Morgan fingerprint density at radius 2 is 1.62 bits per heavy atom. The van der Waals surface area contributed by atoms with Crippen LogP contribution in [0.2, 0.25) is 0 Å². The molecule has 34 heavy (non-hydrogen) atoms. The molecular formula is C26H20F2N2O4. The van der Waals surface area contributed by atoms with Gasteiger partial charge in [0.2, 0.25) is 0 Å². The minimum atomic E-state index is -0.776. The van der Waals surface area contributed by atoms with Crippen molar-refractivity contribution in [2.75, 3.05) is 11.9 Å². The first-order valence-corrected chi connectivity index (χ1v) is 10.5. The molecule has 0 saturated heterocycles. The number of amides is 1. The predicted octanol–water partition coefficient (Wildman–Crippen LogP) is 5.40. The zero-order chi connectivity index (χ0) is 23.9. The van der Waals surface area contributed by atoms with Gasteiger partial charge in [0.25, 0.3) is 5.91 Å². The topological polar surface area (TPSA) is 81.4 Å². The minimum absolute atomic E-state index is 0.0490. The SMILES string of the molecule is O=C(COC(=O)CCc1ncc(-c2c(F)cccc2F)o1)Nc1ccccc1-c1ccccc1. The standard InChI is InChI=1S/C26H20F2N2O4/c27-19-10-6-11-20(28)26(19)22-15-29-24(34-22)13-14-25(32)33-16-23(31)30-21-12-5-4-9-18(21)17-7-2-1-3-8-17/h1-12,15H,13-14,16H2,(H,30,31). The molecule has 0 spiro atoms. The highest BCUT2D eigenvalue weighted by Crippen LogP contribution is 2.28. The van der Waals surface area contributed by atoms with Crippen LogP contribution in [0.1, 0.15) is 12.3 Å². The number of nitrogens with one attached hydrogen (secondary N) is 1. The number of aromatic nitrogens is 1. The predicted molar refractivity (Wildman–Crippen MR) is 122 cm³/mol. The second-order valence-electron chi connectivity index (χ2n) is 7.34. The summed E-state index contributed by atoms with van der Waals surface area (Å²) in [6.07, 6.45) is 1.13. The average molecular weight is 462 g/mol. The van der Waals surface area contributed by atoms with Crippen molar-refractivity contribution < 1.29 is 27.5 Å². The second kappa shape index (κ2) is 10.5. The van der Waals surface area contributed by atoms with Crippen LogP contribution in [-0.2, 0) is 20.7 Å². The largest absolute Gasteiger partial charge is 0.456 e. The van der Waals surface area contributed by atoms with Crippen molar-refractivity contribution in [2.24, 2.45) is 0 Å². The first-order chi connectivity index (χ1) is 16.5. The third kappa shape index (κ3) is 5.53. The molecule has 0 aliphatic heterocycles. The first-order valence-electron chi connectivity index (χ1n) is 10.5. The number of ether oxygens (including phenoxy) is 1. The number of rotatable bonds is 8. The Morgan fingerprint density at radius 3 is 2.38 bits per heavy atom. The summed E-state index contributed by atoms with van der Waals surface area (Å²) in [6, 6.07) is 20.4. The summed E-state index contributed by atoms with van der Waals surface area (Å²) in [6.45, 7) is -0.459. The number of esters is 1. The van der Waals surface area contributed by atoms with Crippen LogP contribution >= 0.6 is 0 Å². The molecule has 0 saturated carbocycles. The average Bonchev–Trinajstić information content (AvgIpc) is 3.31. The molecular weight excluding hydrogens is 442 g/mol. The Balaban J connectivity index is 1.29. The fourth-order valence-corrected chi connectivity index (χ4v) is 3.35. The van der Waals surface area contributed by atoms with Gasteiger partial charge in [-0.1, -0.05) is 54.6 Å². The van der Waals surface area contributed by atoms with Crippen molar-refractivity contribution in [3.63, 3.8) is 0 Å². The van der Waals surface area contributed by atoms with Gasteiger partial charge >= 0.3 is 5.97 Å². The Morgan fingerprint density at radius 1 is 0.912 bits per heavy atom. The van der Waals surface area contributed by atoms with E-state index in [1.807, 2.05) is 42.5 Å². The molecule has 6 nitrogen and oxygen atoms in total. The molecule has 0 aliphatic rings. The van der Waals surface area contributed by atoms with Gasteiger partial charge < -0.3 is 14.5 Å². The fourth-order valence-electron chi connectivity index (χ4n) is 3.35. The molecule has 0 fully saturated rings. The maximum Gasteiger partial charge on any atom is 0.306 e. The van der Waals surface area contributed by atoms with Gasteiger partial charge in [0, 0.05) is 17.7 Å². The molecule has 1 amide bonds. The number of halogens is 2. The zero-order valence-electron chi connectivity index (χ0n) is 18.0. The molecule has 1 N–H and O–H groups in total. The quantitative estimate of drug-likeness (QED) is 0.355. The molecule has 4 rings (SSSR count). The second-order valence-corrected chi connectivity index (χ2v) is 7.34. The van der Waals surface area contributed by atoms with Crippen LogP contribution in [0, 0.1) is 11.6 Å². The molecule has 172 valence electrons. The van der Waals surface area contributed by atoms with E-state index in [-0.39, 0.29) is 30.1 Å². The molecule has 0 aliphatic carbocycles. The summed E-state index contributed by atoms with van der Waals surface area (Å²) in [5.74, 6) is -2.62. The van der Waals surface area contributed by atoms with Gasteiger partial charge in [-0.05, 0) is 23.8 Å². The van der Waals surface area contributed by atoms with Crippen molar-refractivity contribution in [1.29, 1.82) is 0 Å². The van der Waals surface area contributed by atoms with Crippen molar-refractivity contribution in [2.45, 2.75) is 12.8 Å². The van der Waals surface area contributed by atoms with Crippen LogP contribution in [0.15, 0.2) is 83.4 Å².